The number of likely N-dealkylation sites (tertiary alicyclic amines) is 1. The van der Waals surface area contributed by atoms with Gasteiger partial charge < -0.3 is 10.6 Å². The molecular formula is C15H29ClN2O. The topological polar surface area (TPSA) is 46.3 Å². The second kappa shape index (κ2) is 8.11. The fourth-order valence-corrected chi connectivity index (χ4v) is 3.42. The van der Waals surface area contributed by atoms with Crippen LogP contribution in [-0.2, 0) is 4.79 Å². The molecule has 1 saturated carbocycles. The molecule has 2 fully saturated rings. The molecule has 1 heterocycles. The van der Waals surface area contributed by atoms with Gasteiger partial charge in [0.1, 0.15) is 0 Å². The number of hydrogen-bond acceptors (Lipinski definition) is 2. The number of amides is 1. The van der Waals surface area contributed by atoms with Crippen LogP contribution in [0.3, 0.4) is 0 Å². The van der Waals surface area contributed by atoms with Crippen molar-refractivity contribution in [3.63, 3.8) is 0 Å². The Kier molecular flexibility index (Phi) is 7.16. The monoisotopic (exact) mass is 288 g/mol. The Balaban J connectivity index is 0.00000180. The van der Waals surface area contributed by atoms with E-state index < -0.39 is 0 Å². The number of carbonyl (C=O) groups excluding carboxylic acids is 1. The first-order valence-electron chi connectivity index (χ1n) is 7.70. The summed E-state index contributed by atoms with van der Waals surface area (Å²) in [5.74, 6) is 1.71. The smallest absolute Gasteiger partial charge is 0.222 e. The predicted molar refractivity (Wildman–Crippen MR) is 81.4 cm³/mol. The fraction of sp³-hybridized carbons (Fsp3) is 0.933. The van der Waals surface area contributed by atoms with Gasteiger partial charge in [-0.05, 0) is 24.7 Å². The first-order chi connectivity index (χ1) is 8.66. The third-order valence-corrected chi connectivity index (χ3v) is 4.84. The molecule has 0 aromatic heterocycles. The standard InChI is InChI=1S/C15H28N2O.ClH/c1-12(13-5-3-2-4-6-13)11-15(18)17-9-7-14(16)8-10-17;/h12-14H,2-11,16H2,1H3;1H. The fourth-order valence-electron chi connectivity index (χ4n) is 3.42. The zero-order valence-electron chi connectivity index (χ0n) is 12.1. The molecule has 4 heteroatoms. The van der Waals surface area contributed by atoms with E-state index in [1.165, 1.54) is 32.1 Å². The van der Waals surface area contributed by atoms with E-state index in [2.05, 4.69) is 6.92 Å². The molecule has 0 aromatic carbocycles. The summed E-state index contributed by atoms with van der Waals surface area (Å²) >= 11 is 0. The lowest BCUT2D eigenvalue weighted by Gasteiger charge is -2.33. The first-order valence-corrected chi connectivity index (χ1v) is 7.70. The zero-order chi connectivity index (χ0) is 13.0. The van der Waals surface area contributed by atoms with E-state index in [1.807, 2.05) is 4.90 Å². The van der Waals surface area contributed by atoms with Crippen molar-refractivity contribution < 1.29 is 4.79 Å². The first kappa shape index (κ1) is 16.8. The second-order valence-corrected chi connectivity index (χ2v) is 6.30. The van der Waals surface area contributed by atoms with Gasteiger partial charge in [0.15, 0.2) is 0 Å². The van der Waals surface area contributed by atoms with Gasteiger partial charge in [-0.25, -0.2) is 0 Å². The lowest BCUT2D eigenvalue weighted by molar-refractivity contribution is -0.133. The molecule has 0 aromatic rings. The summed E-state index contributed by atoms with van der Waals surface area (Å²) in [5, 5.41) is 0. The number of carbonyl (C=O) groups is 1. The largest absolute Gasteiger partial charge is 0.343 e. The van der Waals surface area contributed by atoms with Crippen LogP contribution in [0.5, 0.6) is 0 Å². The van der Waals surface area contributed by atoms with Crippen LogP contribution in [0.1, 0.15) is 58.3 Å². The van der Waals surface area contributed by atoms with Gasteiger partial charge in [0.25, 0.3) is 0 Å². The molecule has 3 nitrogen and oxygen atoms in total. The van der Waals surface area contributed by atoms with Crippen LogP contribution < -0.4 is 5.73 Å². The minimum Gasteiger partial charge on any atom is -0.343 e. The SMILES string of the molecule is CC(CC(=O)N1CCC(N)CC1)C1CCCCC1.Cl. The summed E-state index contributed by atoms with van der Waals surface area (Å²) in [6, 6.07) is 0.310. The summed E-state index contributed by atoms with van der Waals surface area (Å²) < 4.78 is 0. The number of nitrogens with two attached hydrogens (primary N) is 1. The van der Waals surface area contributed by atoms with Gasteiger partial charge in [-0.3, -0.25) is 4.79 Å². The Morgan fingerprint density at radius 1 is 1.16 bits per heavy atom. The molecule has 2 aliphatic rings. The number of nitrogens with zero attached hydrogens (tertiary/aromatic N) is 1. The summed E-state index contributed by atoms with van der Waals surface area (Å²) in [6.45, 7) is 4.01. The summed E-state index contributed by atoms with van der Waals surface area (Å²) in [6.07, 6.45) is 9.48. The molecule has 1 saturated heterocycles. The minimum atomic E-state index is 0. The molecule has 1 atom stereocenters. The number of rotatable bonds is 3. The predicted octanol–water partition coefficient (Wildman–Crippen LogP) is 2.96. The maximum atomic E-state index is 12.2. The molecule has 2 rings (SSSR count). The Morgan fingerprint density at radius 3 is 2.32 bits per heavy atom. The molecule has 1 aliphatic carbocycles. The van der Waals surface area contributed by atoms with Crippen molar-refractivity contribution in [2.75, 3.05) is 13.1 Å². The lowest BCUT2D eigenvalue weighted by Crippen LogP contribution is -2.43. The van der Waals surface area contributed by atoms with E-state index in [1.54, 1.807) is 0 Å². The van der Waals surface area contributed by atoms with Crippen molar-refractivity contribution in [2.24, 2.45) is 17.6 Å². The van der Waals surface area contributed by atoms with Crippen molar-refractivity contribution in [1.82, 2.24) is 4.90 Å². The molecule has 0 radical (unpaired) electrons. The highest BCUT2D eigenvalue weighted by Crippen LogP contribution is 2.31. The molecule has 1 amide bonds. The van der Waals surface area contributed by atoms with E-state index in [0.717, 1.165) is 38.3 Å². The Hall–Kier alpha value is -0.280. The highest BCUT2D eigenvalue weighted by atomic mass is 35.5. The molecule has 112 valence electrons. The van der Waals surface area contributed by atoms with Crippen LogP contribution in [0.25, 0.3) is 0 Å². The average molecular weight is 289 g/mol. The number of piperidine rings is 1. The number of halogens is 1. The Labute approximate surface area is 123 Å². The van der Waals surface area contributed by atoms with Crippen molar-refractivity contribution in [2.45, 2.75) is 64.3 Å². The Bertz CT molecular complexity index is 271. The maximum Gasteiger partial charge on any atom is 0.222 e. The second-order valence-electron chi connectivity index (χ2n) is 6.30. The van der Waals surface area contributed by atoms with E-state index >= 15 is 0 Å². The van der Waals surface area contributed by atoms with Gasteiger partial charge in [0.2, 0.25) is 5.91 Å². The van der Waals surface area contributed by atoms with Gasteiger partial charge in [-0.1, -0.05) is 39.0 Å². The van der Waals surface area contributed by atoms with E-state index in [0.29, 0.717) is 17.9 Å². The maximum absolute atomic E-state index is 12.2. The molecule has 1 unspecified atom stereocenters. The van der Waals surface area contributed by atoms with Crippen LogP contribution in [0.15, 0.2) is 0 Å². The molecular weight excluding hydrogens is 260 g/mol. The van der Waals surface area contributed by atoms with Gasteiger partial charge in [0.05, 0.1) is 0 Å². The highest BCUT2D eigenvalue weighted by Gasteiger charge is 2.26. The van der Waals surface area contributed by atoms with Crippen LogP contribution >= 0.6 is 12.4 Å². The normalized spacial score (nSPS) is 23.8. The van der Waals surface area contributed by atoms with Crippen LogP contribution in [-0.4, -0.2) is 29.9 Å². The minimum absolute atomic E-state index is 0. The van der Waals surface area contributed by atoms with Gasteiger partial charge in [0, 0.05) is 25.6 Å². The van der Waals surface area contributed by atoms with Crippen molar-refractivity contribution in [3.05, 3.63) is 0 Å². The molecule has 0 spiro atoms. The van der Waals surface area contributed by atoms with Gasteiger partial charge >= 0.3 is 0 Å². The molecule has 0 bridgehead atoms. The van der Waals surface area contributed by atoms with Crippen molar-refractivity contribution >= 4 is 18.3 Å². The zero-order valence-corrected chi connectivity index (χ0v) is 13.0. The van der Waals surface area contributed by atoms with Crippen molar-refractivity contribution in [1.29, 1.82) is 0 Å². The molecule has 19 heavy (non-hydrogen) atoms. The van der Waals surface area contributed by atoms with Crippen LogP contribution in [0.2, 0.25) is 0 Å². The van der Waals surface area contributed by atoms with Crippen LogP contribution in [0.4, 0.5) is 0 Å². The third-order valence-electron chi connectivity index (χ3n) is 4.84. The molecule has 2 N–H and O–H groups in total. The molecule has 1 aliphatic heterocycles. The van der Waals surface area contributed by atoms with Gasteiger partial charge in [-0.15, -0.1) is 12.4 Å². The lowest BCUT2D eigenvalue weighted by atomic mass is 9.79. The summed E-state index contributed by atoms with van der Waals surface area (Å²) in [5.41, 5.74) is 5.88. The van der Waals surface area contributed by atoms with E-state index in [9.17, 15) is 4.79 Å². The van der Waals surface area contributed by atoms with Gasteiger partial charge in [-0.2, -0.15) is 0 Å². The van der Waals surface area contributed by atoms with Crippen LogP contribution in [0, 0.1) is 11.8 Å². The Morgan fingerprint density at radius 2 is 1.74 bits per heavy atom. The van der Waals surface area contributed by atoms with E-state index in [4.69, 9.17) is 5.73 Å². The highest BCUT2D eigenvalue weighted by molar-refractivity contribution is 5.85. The van der Waals surface area contributed by atoms with Crippen molar-refractivity contribution in [3.8, 4) is 0 Å². The quantitative estimate of drug-likeness (QED) is 0.868. The third kappa shape index (κ3) is 4.96. The average Bonchev–Trinajstić information content (AvgIpc) is 2.40. The summed E-state index contributed by atoms with van der Waals surface area (Å²) in [7, 11) is 0. The number of hydrogen-bond donors (Lipinski definition) is 1. The summed E-state index contributed by atoms with van der Waals surface area (Å²) in [4.78, 5) is 14.3. The van der Waals surface area contributed by atoms with E-state index in [-0.39, 0.29) is 12.4 Å².